The van der Waals surface area contributed by atoms with Crippen LogP contribution in [0.3, 0.4) is 0 Å². The third kappa shape index (κ3) is 6.03. The zero-order valence-corrected chi connectivity index (χ0v) is 18.8. The van der Waals surface area contributed by atoms with E-state index in [4.69, 9.17) is 10.9 Å². The SMILES string of the molecule is CC(NC(=O)[C@H]1C[C@@H](c2ccccc2)CCN1C(=O)O)C(=O)NCc1ccc(/C(N)=N/O)cc1. The predicted molar refractivity (Wildman–Crippen MR) is 125 cm³/mol. The Bertz CT molecular complexity index is 1040. The largest absolute Gasteiger partial charge is 0.465 e. The molecule has 0 spiro atoms. The Kier molecular flexibility index (Phi) is 8.07. The summed E-state index contributed by atoms with van der Waals surface area (Å²) >= 11 is 0. The molecule has 0 aliphatic carbocycles. The summed E-state index contributed by atoms with van der Waals surface area (Å²) in [4.78, 5) is 38.4. The quantitative estimate of drug-likeness (QED) is 0.181. The molecule has 1 aliphatic heterocycles. The maximum Gasteiger partial charge on any atom is 0.407 e. The summed E-state index contributed by atoms with van der Waals surface area (Å²) in [6.07, 6.45) is -0.174. The lowest BCUT2D eigenvalue weighted by molar-refractivity contribution is -0.132. The van der Waals surface area contributed by atoms with Gasteiger partial charge in [0.05, 0.1) is 0 Å². The zero-order chi connectivity index (χ0) is 24.7. The molecule has 34 heavy (non-hydrogen) atoms. The number of hydrogen-bond donors (Lipinski definition) is 5. The number of benzene rings is 2. The molecule has 6 N–H and O–H groups in total. The predicted octanol–water partition coefficient (Wildman–Crippen LogP) is 1.83. The van der Waals surface area contributed by atoms with Gasteiger partial charge in [-0.1, -0.05) is 59.8 Å². The number of nitrogens with zero attached hydrogens (tertiary/aromatic N) is 2. The monoisotopic (exact) mass is 467 g/mol. The van der Waals surface area contributed by atoms with Crippen LogP contribution in [0.5, 0.6) is 0 Å². The molecule has 10 nitrogen and oxygen atoms in total. The van der Waals surface area contributed by atoms with Crippen LogP contribution in [-0.2, 0) is 16.1 Å². The molecule has 0 bridgehead atoms. The van der Waals surface area contributed by atoms with Crippen LogP contribution in [0.1, 0.15) is 42.4 Å². The van der Waals surface area contributed by atoms with Gasteiger partial charge in [0.1, 0.15) is 12.1 Å². The normalized spacial score (nSPS) is 19.2. The number of likely N-dealkylation sites (tertiary alicyclic amines) is 1. The highest BCUT2D eigenvalue weighted by atomic mass is 16.4. The van der Waals surface area contributed by atoms with Crippen molar-refractivity contribution in [2.24, 2.45) is 10.9 Å². The average Bonchev–Trinajstić information content (AvgIpc) is 2.87. The second-order valence-corrected chi connectivity index (χ2v) is 8.25. The number of carboxylic acid groups (broad SMARTS) is 1. The van der Waals surface area contributed by atoms with Crippen LogP contribution in [0.25, 0.3) is 0 Å². The Labute approximate surface area is 197 Å². The maximum absolute atomic E-state index is 13.0. The number of carbonyl (C=O) groups is 3. The molecule has 1 heterocycles. The molecule has 3 amide bonds. The Balaban J connectivity index is 1.58. The summed E-state index contributed by atoms with van der Waals surface area (Å²) in [6, 6.07) is 14.8. The highest BCUT2D eigenvalue weighted by molar-refractivity contribution is 5.97. The first-order chi connectivity index (χ1) is 16.3. The Morgan fingerprint density at radius 2 is 1.82 bits per heavy atom. The van der Waals surface area contributed by atoms with Crippen LogP contribution in [-0.4, -0.2) is 57.6 Å². The van der Waals surface area contributed by atoms with Gasteiger partial charge in [-0.05, 0) is 36.8 Å². The first kappa shape index (κ1) is 24.6. The fourth-order valence-corrected chi connectivity index (χ4v) is 4.04. The first-order valence-electron chi connectivity index (χ1n) is 11.0. The van der Waals surface area contributed by atoms with E-state index in [0.29, 0.717) is 18.4 Å². The number of hydrogen-bond acceptors (Lipinski definition) is 5. The number of piperidine rings is 1. The number of amides is 3. The number of nitrogens with one attached hydrogen (secondary N) is 2. The summed E-state index contributed by atoms with van der Waals surface area (Å²) in [5.41, 5.74) is 7.93. The van der Waals surface area contributed by atoms with E-state index in [1.165, 1.54) is 0 Å². The number of amidine groups is 1. The molecule has 1 fully saturated rings. The minimum Gasteiger partial charge on any atom is -0.465 e. The van der Waals surface area contributed by atoms with Crippen molar-refractivity contribution >= 4 is 23.7 Å². The molecule has 3 rings (SSSR count). The molecule has 2 aromatic carbocycles. The van der Waals surface area contributed by atoms with E-state index in [0.717, 1.165) is 16.0 Å². The smallest absolute Gasteiger partial charge is 0.407 e. The summed E-state index contributed by atoms with van der Waals surface area (Å²) in [6.45, 7) is 2.02. The lowest BCUT2D eigenvalue weighted by Crippen LogP contribution is -2.56. The van der Waals surface area contributed by atoms with Gasteiger partial charge in [-0.2, -0.15) is 0 Å². The summed E-state index contributed by atoms with van der Waals surface area (Å²) in [7, 11) is 0. The lowest BCUT2D eigenvalue weighted by atomic mass is 9.85. The van der Waals surface area contributed by atoms with Crippen LogP contribution in [0.2, 0.25) is 0 Å². The van der Waals surface area contributed by atoms with Crippen molar-refractivity contribution in [1.29, 1.82) is 0 Å². The van der Waals surface area contributed by atoms with Gasteiger partial charge in [-0.3, -0.25) is 14.5 Å². The first-order valence-corrected chi connectivity index (χ1v) is 11.0. The van der Waals surface area contributed by atoms with Crippen molar-refractivity contribution in [2.75, 3.05) is 6.54 Å². The maximum atomic E-state index is 13.0. The summed E-state index contributed by atoms with van der Waals surface area (Å²) in [5, 5.41) is 26.6. The Hall–Kier alpha value is -4.08. The van der Waals surface area contributed by atoms with Gasteiger partial charge in [-0.25, -0.2) is 4.79 Å². The molecule has 0 aromatic heterocycles. The molecular formula is C24H29N5O5. The highest BCUT2D eigenvalue weighted by Crippen LogP contribution is 2.31. The topological polar surface area (TPSA) is 157 Å². The van der Waals surface area contributed by atoms with E-state index in [1.54, 1.807) is 31.2 Å². The van der Waals surface area contributed by atoms with Gasteiger partial charge in [0.25, 0.3) is 0 Å². The Morgan fingerprint density at radius 1 is 1.15 bits per heavy atom. The van der Waals surface area contributed by atoms with E-state index < -0.39 is 30.0 Å². The second-order valence-electron chi connectivity index (χ2n) is 8.25. The zero-order valence-electron chi connectivity index (χ0n) is 18.8. The number of oxime groups is 1. The van der Waals surface area contributed by atoms with Crippen LogP contribution >= 0.6 is 0 Å². The van der Waals surface area contributed by atoms with E-state index in [-0.39, 0.29) is 24.8 Å². The van der Waals surface area contributed by atoms with Crippen molar-refractivity contribution in [3.63, 3.8) is 0 Å². The number of rotatable bonds is 7. The molecule has 10 heteroatoms. The van der Waals surface area contributed by atoms with Gasteiger partial charge in [0.2, 0.25) is 11.8 Å². The molecular weight excluding hydrogens is 438 g/mol. The van der Waals surface area contributed by atoms with Crippen molar-refractivity contribution in [2.45, 2.75) is 44.3 Å². The number of carbonyl (C=O) groups excluding carboxylic acids is 2. The average molecular weight is 468 g/mol. The van der Waals surface area contributed by atoms with Crippen molar-refractivity contribution < 1.29 is 24.7 Å². The molecule has 0 saturated carbocycles. The molecule has 180 valence electrons. The molecule has 0 radical (unpaired) electrons. The third-order valence-corrected chi connectivity index (χ3v) is 6.00. The van der Waals surface area contributed by atoms with Crippen molar-refractivity contribution in [3.8, 4) is 0 Å². The van der Waals surface area contributed by atoms with Crippen molar-refractivity contribution in [3.05, 3.63) is 71.3 Å². The van der Waals surface area contributed by atoms with Crippen molar-refractivity contribution in [1.82, 2.24) is 15.5 Å². The number of nitrogens with two attached hydrogens (primary N) is 1. The summed E-state index contributed by atoms with van der Waals surface area (Å²) < 4.78 is 0. The molecule has 1 unspecified atom stereocenters. The molecule has 1 aliphatic rings. The van der Waals surface area contributed by atoms with Crippen LogP contribution < -0.4 is 16.4 Å². The molecule has 3 atom stereocenters. The molecule has 2 aromatic rings. The van der Waals surface area contributed by atoms with Gasteiger partial charge in [-0.15, -0.1) is 0 Å². The summed E-state index contributed by atoms with van der Waals surface area (Å²) in [5.74, 6) is -0.843. The van der Waals surface area contributed by atoms with Gasteiger partial charge < -0.3 is 26.7 Å². The minimum absolute atomic E-state index is 0.0143. The third-order valence-electron chi connectivity index (χ3n) is 6.00. The second kappa shape index (κ2) is 11.2. The fourth-order valence-electron chi connectivity index (χ4n) is 4.04. The molecule has 1 saturated heterocycles. The minimum atomic E-state index is -1.15. The van der Waals surface area contributed by atoms with E-state index in [9.17, 15) is 19.5 Å². The lowest BCUT2D eigenvalue weighted by Gasteiger charge is -2.37. The van der Waals surface area contributed by atoms with Crippen LogP contribution in [0.4, 0.5) is 4.79 Å². The Morgan fingerprint density at radius 3 is 2.44 bits per heavy atom. The standard InChI is InChI=1S/C24H29N5O5/c1-15(22(30)26-14-16-7-9-18(10-8-16)21(25)28-34)27-23(31)20-13-19(11-12-29(20)24(32)33)17-5-3-2-4-6-17/h2-10,15,19-20,34H,11-14H2,1H3,(H2,25,28)(H,26,30)(H,27,31)(H,32,33)/t15?,19-,20+/m0/s1. The van der Waals surface area contributed by atoms with E-state index in [1.807, 2.05) is 30.3 Å². The van der Waals surface area contributed by atoms with Gasteiger partial charge in [0, 0.05) is 18.7 Å². The van der Waals surface area contributed by atoms with Gasteiger partial charge >= 0.3 is 6.09 Å². The van der Waals surface area contributed by atoms with E-state index >= 15 is 0 Å². The highest BCUT2D eigenvalue weighted by Gasteiger charge is 2.37. The van der Waals surface area contributed by atoms with Gasteiger partial charge in [0.15, 0.2) is 5.84 Å². The van der Waals surface area contributed by atoms with E-state index in [2.05, 4.69) is 15.8 Å². The van der Waals surface area contributed by atoms with Crippen LogP contribution in [0, 0.1) is 0 Å². The van der Waals surface area contributed by atoms with Crippen LogP contribution in [0.15, 0.2) is 59.8 Å². The fraction of sp³-hybridized carbons (Fsp3) is 0.333.